The van der Waals surface area contributed by atoms with Crippen LogP contribution in [0.2, 0.25) is 0 Å². The molecule has 0 bridgehead atoms. The number of likely N-dealkylation sites (tertiary alicyclic amines) is 1. The Balaban J connectivity index is 0.00000225. The van der Waals surface area contributed by atoms with Crippen LogP contribution in [-0.4, -0.2) is 68.7 Å². The maximum Gasteiger partial charge on any atom is 0.193 e. The summed E-state index contributed by atoms with van der Waals surface area (Å²) in [6.07, 6.45) is 5.38. The third-order valence-corrected chi connectivity index (χ3v) is 6.54. The van der Waals surface area contributed by atoms with Crippen LogP contribution in [0.4, 0.5) is 4.39 Å². The minimum Gasteiger partial charge on any atom is -0.379 e. The quantitative estimate of drug-likeness (QED) is 0.390. The first-order chi connectivity index (χ1) is 13.2. The van der Waals surface area contributed by atoms with Gasteiger partial charge >= 0.3 is 0 Å². The van der Waals surface area contributed by atoms with Gasteiger partial charge in [0.1, 0.15) is 5.82 Å². The Kier molecular flexibility index (Phi) is 7.55. The number of guanidine groups is 1. The average Bonchev–Trinajstić information content (AvgIpc) is 3.12. The van der Waals surface area contributed by atoms with Gasteiger partial charge in [0.15, 0.2) is 5.96 Å². The molecular weight excluding hydrogens is 470 g/mol. The lowest BCUT2D eigenvalue weighted by Crippen LogP contribution is -2.47. The number of nitrogens with one attached hydrogen (secondary N) is 1. The van der Waals surface area contributed by atoms with Crippen molar-refractivity contribution in [1.82, 2.24) is 15.1 Å². The van der Waals surface area contributed by atoms with Gasteiger partial charge in [-0.3, -0.25) is 9.89 Å². The number of rotatable bonds is 4. The van der Waals surface area contributed by atoms with Gasteiger partial charge in [-0.2, -0.15) is 0 Å². The highest BCUT2D eigenvalue weighted by atomic mass is 127. The van der Waals surface area contributed by atoms with E-state index in [0.29, 0.717) is 5.41 Å². The first-order valence-electron chi connectivity index (χ1n) is 10.2. The Morgan fingerprint density at radius 2 is 2.04 bits per heavy atom. The van der Waals surface area contributed by atoms with Crippen molar-refractivity contribution in [2.75, 3.05) is 53.0 Å². The summed E-state index contributed by atoms with van der Waals surface area (Å²) in [5.41, 5.74) is 1.56. The van der Waals surface area contributed by atoms with Crippen LogP contribution in [0.25, 0.3) is 0 Å². The van der Waals surface area contributed by atoms with Crippen molar-refractivity contribution in [2.45, 2.75) is 31.7 Å². The van der Waals surface area contributed by atoms with E-state index in [2.05, 4.69) is 20.1 Å². The van der Waals surface area contributed by atoms with E-state index in [1.54, 1.807) is 12.1 Å². The van der Waals surface area contributed by atoms with E-state index in [9.17, 15) is 4.39 Å². The second-order valence-corrected chi connectivity index (χ2v) is 8.17. The first kappa shape index (κ1) is 21.8. The summed E-state index contributed by atoms with van der Waals surface area (Å²) < 4.78 is 19.4. The Morgan fingerprint density at radius 1 is 1.25 bits per heavy atom. The van der Waals surface area contributed by atoms with Crippen molar-refractivity contribution in [3.05, 3.63) is 35.6 Å². The number of hydrogen-bond donors (Lipinski definition) is 1. The zero-order valence-corrected chi connectivity index (χ0v) is 19.0. The van der Waals surface area contributed by atoms with Gasteiger partial charge in [0, 0.05) is 39.8 Å². The molecule has 1 aromatic carbocycles. The van der Waals surface area contributed by atoms with Crippen molar-refractivity contribution in [2.24, 2.45) is 10.4 Å². The topological polar surface area (TPSA) is 40.1 Å². The van der Waals surface area contributed by atoms with Gasteiger partial charge in [0.2, 0.25) is 0 Å². The molecule has 28 heavy (non-hydrogen) atoms. The number of ether oxygens (including phenoxy) is 1. The van der Waals surface area contributed by atoms with Crippen LogP contribution in [0.3, 0.4) is 0 Å². The predicted octanol–water partition coefficient (Wildman–Crippen LogP) is 3.27. The molecule has 1 atom stereocenters. The van der Waals surface area contributed by atoms with E-state index in [1.165, 1.54) is 31.7 Å². The van der Waals surface area contributed by atoms with Crippen molar-refractivity contribution < 1.29 is 9.13 Å². The Hall–Kier alpha value is -0.930. The Morgan fingerprint density at radius 3 is 2.64 bits per heavy atom. The molecule has 0 amide bonds. The molecule has 0 aromatic heterocycles. The molecule has 4 rings (SSSR count). The zero-order chi connectivity index (χ0) is 18.7. The monoisotopic (exact) mass is 502 g/mol. The van der Waals surface area contributed by atoms with E-state index in [4.69, 9.17) is 4.74 Å². The van der Waals surface area contributed by atoms with Gasteiger partial charge in [0.05, 0.1) is 19.3 Å². The van der Waals surface area contributed by atoms with Gasteiger partial charge in [-0.15, -0.1) is 24.0 Å². The summed E-state index contributed by atoms with van der Waals surface area (Å²) in [4.78, 5) is 9.33. The lowest BCUT2D eigenvalue weighted by molar-refractivity contribution is 0.0168. The van der Waals surface area contributed by atoms with Gasteiger partial charge in [-0.05, 0) is 42.4 Å². The van der Waals surface area contributed by atoms with Gasteiger partial charge in [0.25, 0.3) is 0 Å². The summed E-state index contributed by atoms with van der Waals surface area (Å²) in [7, 11) is 1.86. The summed E-state index contributed by atoms with van der Waals surface area (Å²) in [5.74, 6) is 0.801. The molecule has 5 nitrogen and oxygen atoms in total. The van der Waals surface area contributed by atoms with Gasteiger partial charge in [-0.25, -0.2) is 4.39 Å². The zero-order valence-electron chi connectivity index (χ0n) is 16.7. The number of benzene rings is 1. The number of hydrogen-bond acceptors (Lipinski definition) is 3. The fourth-order valence-electron chi connectivity index (χ4n) is 4.78. The minimum absolute atomic E-state index is 0. The van der Waals surface area contributed by atoms with E-state index in [1.807, 2.05) is 13.1 Å². The molecule has 1 N–H and O–H groups in total. The predicted molar refractivity (Wildman–Crippen MR) is 121 cm³/mol. The molecule has 1 aliphatic carbocycles. The van der Waals surface area contributed by atoms with Crippen molar-refractivity contribution in [1.29, 1.82) is 0 Å². The fraction of sp³-hybridized carbons (Fsp3) is 0.667. The van der Waals surface area contributed by atoms with Gasteiger partial charge < -0.3 is 15.0 Å². The summed E-state index contributed by atoms with van der Waals surface area (Å²) in [6.45, 7) is 6.13. The molecule has 0 radical (unpaired) electrons. The lowest BCUT2D eigenvalue weighted by Gasteiger charge is -2.38. The van der Waals surface area contributed by atoms with Crippen LogP contribution in [0.5, 0.6) is 0 Å². The van der Waals surface area contributed by atoms with Crippen LogP contribution >= 0.6 is 24.0 Å². The van der Waals surface area contributed by atoms with Crippen molar-refractivity contribution in [3.8, 4) is 0 Å². The van der Waals surface area contributed by atoms with E-state index >= 15 is 0 Å². The molecule has 156 valence electrons. The molecule has 1 saturated carbocycles. The average molecular weight is 502 g/mol. The second kappa shape index (κ2) is 9.71. The highest BCUT2D eigenvalue weighted by molar-refractivity contribution is 14.0. The SMILES string of the molecule is CN=C(NCC(c1cccc(F)c1)N1CCOCC1)N1CCC2(CCC2)C1.I. The molecule has 1 spiro atoms. The van der Waals surface area contributed by atoms with Crippen LogP contribution in [-0.2, 0) is 4.74 Å². The molecular formula is C21H32FIN4O. The van der Waals surface area contributed by atoms with E-state index in [-0.39, 0.29) is 35.8 Å². The number of nitrogens with zero attached hydrogens (tertiary/aromatic N) is 3. The molecule has 2 heterocycles. The maximum atomic E-state index is 13.8. The fourth-order valence-corrected chi connectivity index (χ4v) is 4.78. The highest BCUT2D eigenvalue weighted by Crippen LogP contribution is 2.47. The second-order valence-electron chi connectivity index (χ2n) is 8.17. The number of morpholine rings is 1. The van der Waals surface area contributed by atoms with E-state index in [0.717, 1.165) is 57.5 Å². The Bertz CT molecular complexity index is 676. The summed E-state index contributed by atoms with van der Waals surface area (Å²) in [6, 6.07) is 7.10. The molecule has 1 unspecified atom stereocenters. The molecule has 2 aliphatic heterocycles. The van der Waals surface area contributed by atoms with Crippen LogP contribution < -0.4 is 5.32 Å². The summed E-state index contributed by atoms with van der Waals surface area (Å²) >= 11 is 0. The number of halogens is 2. The molecule has 1 aromatic rings. The first-order valence-corrected chi connectivity index (χ1v) is 10.2. The Labute approximate surface area is 184 Å². The maximum absolute atomic E-state index is 13.8. The number of aliphatic imine (C=N–C) groups is 1. The van der Waals surface area contributed by atoms with Crippen LogP contribution in [0.15, 0.2) is 29.3 Å². The van der Waals surface area contributed by atoms with Crippen molar-refractivity contribution in [3.63, 3.8) is 0 Å². The largest absolute Gasteiger partial charge is 0.379 e. The minimum atomic E-state index is -0.179. The summed E-state index contributed by atoms with van der Waals surface area (Å²) in [5, 5.41) is 3.58. The standard InChI is InChI=1S/C21H31FN4O.HI/c1-23-20(26-9-8-21(16-26)6-3-7-21)24-15-19(25-10-12-27-13-11-25)17-4-2-5-18(22)14-17;/h2,4-5,14,19H,3,6-13,15-16H2,1H3,(H,23,24);1H. The molecule has 3 aliphatic rings. The molecule has 7 heteroatoms. The highest BCUT2D eigenvalue weighted by Gasteiger charge is 2.43. The van der Waals surface area contributed by atoms with Crippen molar-refractivity contribution >= 4 is 29.9 Å². The molecule has 2 saturated heterocycles. The smallest absolute Gasteiger partial charge is 0.193 e. The third kappa shape index (κ3) is 4.79. The molecule has 3 fully saturated rings. The third-order valence-electron chi connectivity index (χ3n) is 6.54. The van der Waals surface area contributed by atoms with E-state index < -0.39 is 0 Å². The van der Waals surface area contributed by atoms with Gasteiger partial charge in [-0.1, -0.05) is 18.6 Å². The van der Waals surface area contributed by atoms with Crippen LogP contribution in [0, 0.1) is 11.2 Å². The normalized spacial score (nSPS) is 23.2. The lowest BCUT2D eigenvalue weighted by atomic mass is 9.68. The van der Waals surface area contributed by atoms with Crippen LogP contribution in [0.1, 0.15) is 37.3 Å².